The van der Waals surface area contributed by atoms with E-state index in [0.29, 0.717) is 13.0 Å². The van der Waals surface area contributed by atoms with Gasteiger partial charge in [0.15, 0.2) is 0 Å². The third-order valence-electron chi connectivity index (χ3n) is 3.37. The Morgan fingerprint density at radius 2 is 2.28 bits per heavy atom. The number of amides is 1. The molecule has 0 saturated carbocycles. The van der Waals surface area contributed by atoms with Crippen LogP contribution in [-0.2, 0) is 11.2 Å². The molecule has 1 heterocycles. The van der Waals surface area contributed by atoms with Crippen LogP contribution in [0.5, 0.6) is 5.75 Å². The third-order valence-corrected chi connectivity index (χ3v) is 3.37. The Bertz CT molecular complexity index is 445. The van der Waals surface area contributed by atoms with E-state index in [4.69, 9.17) is 10.5 Å². The van der Waals surface area contributed by atoms with Crippen molar-refractivity contribution >= 4 is 5.91 Å². The number of carbonyl (C=O) groups excluding carboxylic acids is 1. The van der Waals surface area contributed by atoms with E-state index in [2.05, 4.69) is 6.07 Å². The van der Waals surface area contributed by atoms with Gasteiger partial charge in [0.25, 0.3) is 0 Å². The zero-order chi connectivity index (χ0) is 13.1. The SMILES string of the molecule is COc1ccc(CCN2CC(N)CC2=O)cc1C. The molecule has 1 aromatic rings. The van der Waals surface area contributed by atoms with Gasteiger partial charge in [0.1, 0.15) is 5.75 Å². The summed E-state index contributed by atoms with van der Waals surface area (Å²) in [7, 11) is 1.67. The second-order valence-electron chi connectivity index (χ2n) is 4.86. The molecule has 1 unspecified atom stereocenters. The lowest BCUT2D eigenvalue weighted by molar-refractivity contribution is -0.127. The standard InChI is InChI=1S/C14H20N2O2/c1-10-7-11(3-4-13(10)18-2)5-6-16-9-12(15)8-14(16)17/h3-4,7,12H,5-6,8-9,15H2,1-2H3. The fraction of sp³-hybridized carbons (Fsp3) is 0.500. The second-order valence-corrected chi connectivity index (χ2v) is 4.86. The largest absolute Gasteiger partial charge is 0.496 e. The number of nitrogens with two attached hydrogens (primary N) is 1. The molecule has 0 bridgehead atoms. The van der Waals surface area contributed by atoms with Crippen molar-refractivity contribution in [3.63, 3.8) is 0 Å². The zero-order valence-corrected chi connectivity index (χ0v) is 11.0. The average molecular weight is 248 g/mol. The van der Waals surface area contributed by atoms with Crippen LogP contribution in [0.15, 0.2) is 18.2 Å². The summed E-state index contributed by atoms with van der Waals surface area (Å²) in [5.74, 6) is 1.07. The maximum atomic E-state index is 11.6. The molecule has 4 heteroatoms. The molecule has 0 aromatic heterocycles. The number of methoxy groups -OCH3 is 1. The molecular formula is C14H20N2O2. The van der Waals surface area contributed by atoms with Crippen LogP contribution in [0, 0.1) is 6.92 Å². The van der Waals surface area contributed by atoms with Crippen LogP contribution in [0.25, 0.3) is 0 Å². The van der Waals surface area contributed by atoms with Gasteiger partial charge in [-0.2, -0.15) is 0 Å². The first-order valence-corrected chi connectivity index (χ1v) is 6.27. The molecule has 1 amide bonds. The number of aryl methyl sites for hydroxylation is 1. The predicted octanol–water partition coefficient (Wildman–Crippen LogP) is 1.11. The molecule has 0 radical (unpaired) electrons. The van der Waals surface area contributed by atoms with Crippen LogP contribution in [0.3, 0.4) is 0 Å². The summed E-state index contributed by atoms with van der Waals surface area (Å²) in [6.07, 6.45) is 1.35. The van der Waals surface area contributed by atoms with E-state index in [1.807, 2.05) is 24.0 Å². The van der Waals surface area contributed by atoms with Crippen molar-refractivity contribution in [2.24, 2.45) is 5.73 Å². The van der Waals surface area contributed by atoms with Crippen LogP contribution in [0.4, 0.5) is 0 Å². The minimum atomic E-state index is 0.00936. The lowest BCUT2D eigenvalue weighted by atomic mass is 10.1. The average Bonchev–Trinajstić information content (AvgIpc) is 2.65. The third kappa shape index (κ3) is 2.82. The lowest BCUT2D eigenvalue weighted by Crippen LogP contribution is -2.30. The summed E-state index contributed by atoms with van der Waals surface area (Å²) in [5, 5.41) is 0. The van der Waals surface area contributed by atoms with Gasteiger partial charge in [-0.05, 0) is 30.5 Å². The number of hydrogen-bond donors (Lipinski definition) is 1. The monoisotopic (exact) mass is 248 g/mol. The molecule has 1 fully saturated rings. The highest BCUT2D eigenvalue weighted by Crippen LogP contribution is 2.19. The summed E-state index contributed by atoms with van der Waals surface area (Å²) in [4.78, 5) is 13.5. The van der Waals surface area contributed by atoms with Gasteiger partial charge < -0.3 is 15.4 Å². The van der Waals surface area contributed by atoms with Crippen LogP contribution >= 0.6 is 0 Å². The van der Waals surface area contributed by atoms with Crippen molar-refractivity contribution in [2.75, 3.05) is 20.2 Å². The molecule has 1 saturated heterocycles. The maximum Gasteiger partial charge on any atom is 0.224 e. The van der Waals surface area contributed by atoms with E-state index >= 15 is 0 Å². The molecule has 98 valence electrons. The van der Waals surface area contributed by atoms with Crippen molar-refractivity contribution in [3.8, 4) is 5.75 Å². The van der Waals surface area contributed by atoms with Crippen LogP contribution in [0.2, 0.25) is 0 Å². The Balaban J connectivity index is 1.94. The summed E-state index contributed by atoms with van der Waals surface area (Å²) in [5.41, 5.74) is 8.12. The van der Waals surface area contributed by atoms with Gasteiger partial charge in [-0.15, -0.1) is 0 Å². The maximum absolute atomic E-state index is 11.6. The molecule has 0 spiro atoms. The quantitative estimate of drug-likeness (QED) is 0.868. The number of ether oxygens (including phenoxy) is 1. The number of nitrogens with zero attached hydrogens (tertiary/aromatic N) is 1. The van der Waals surface area contributed by atoms with E-state index < -0.39 is 0 Å². The Hall–Kier alpha value is -1.55. The highest BCUT2D eigenvalue weighted by atomic mass is 16.5. The molecular weight excluding hydrogens is 228 g/mol. The van der Waals surface area contributed by atoms with Gasteiger partial charge in [0.2, 0.25) is 5.91 Å². The molecule has 1 aliphatic rings. The number of likely N-dealkylation sites (tertiary alicyclic amines) is 1. The van der Waals surface area contributed by atoms with Crippen molar-refractivity contribution in [2.45, 2.75) is 25.8 Å². The van der Waals surface area contributed by atoms with Crippen molar-refractivity contribution in [3.05, 3.63) is 29.3 Å². The van der Waals surface area contributed by atoms with E-state index in [1.54, 1.807) is 7.11 Å². The fourth-order valence-corrected chi connectivity index (χ4v) is 2.38. The zero-order valence-electron chi connectivity index (χ0n) is 11.0. The molecule has 0 aliphatic carbocycles. The minimum Gasteiger partial charge on any atom is -0.496 e. The molecule has 4 nitrogen and oxygen atoms in total. The molecule has 1 aliphatic heterocycles. The Kier molecular flexibility index (Phi) is 3.87. The van der Waals surface area contributed by atoms with E-state index in [0.717, 1.165) is 24.3 Å². The second kappa shape index (κ2) is 5.40. The van der Waals surface area contributed by atoms with E-state index in [9.17, 15) is 4.79 Å². The number of benzene rings is 1. The van der Waals surface area contributed by atoms with Crippen molar-refractivity contribution in [1.82, 2.24) is 4.90 Å². The van der Waals surface area contributed by atoms with Gasteiger partial charge in [0, 0.05) is 25.6 Å². The van der Waals surface area contributed by atoms with Gasteiger partial charge in [-0.25, -0.2) is 0 Å². The summed E-state index contributed by atoms with van der Waals surface area (Å²) >= 11 is 0. The first-order valence-electron chi connectivity index (χ1n) is 6.27. The number of rotatable bonds is 4. The lowest BCUT2D eigenvalue weighted by Gasteiger charge is -2.16. The Morgan fingerprint density at radius 3 is 2.83 bits per heavy atom. The van der Waals surface area contributed by atoms with Crippen LogP contribution < -0.4 is 10.5 Å². The highest BCUT2D eigenvalue weighted by molar-refractivity contribution is 5.79. The fourth-order valence-electron chi connectivity index (χ4n) is 2.38. The molecule has 2 N–H and O–H groups in total. The van der Waals surface area contributed by atoms with Crippen LogP contribution in [-0.4, -0.2) is 37.0 Å². The number of carbonyl (C=O) groups is 1. The van der Waals surface area contributed by atoms with Crippen molar-refractivity contribution < 1.29 is 9.53 Å². The smallest absolute Gasteiger partial charge is 0.224 e. The first kappa shape index (κ1) is 12.9. The predicted molar refractivity (Wildman–Crippen MR) is 70.6 cm³/mol. The van der Waals surface area contributed by atoms with E-state index in [1.165, 1.54) is 5.56 Å². The van der Waals surface area contributed by atoms with Crippen molar-refractivity contribution in [1.29, 1.82) is 0 Å². The first-order chi connectivity index (χ1) is 8.60. The minimum absolute atomic E-state index is 0.00936. The normalized spacial score (nSPS) is 19.4. The van der Waals surface area contributed by atoms with Gasteiger partial charge in [0.05, 0.1) is 7.11 Å². The molecule has 1 aromatic carbocycles. The Labute approximate surface area is 108 Å². The summed E-state index contributed by atoms with van der Waals surface area (Å²) in [6, 6.07) is 6.14. The van der Waals surface area contributed by atoms with E-state index in [-0.39, 0.29) is 11.9 Å². The highest BCUT2D eigenvalue weighted by Gasteiger charge is 2.26. The summed E-state index contributed by atoms with van der Waals surface area (Å²) < 4.78 is 5.23. The molecule has 18 heavy (non-hydrogen) atoms. The number of hydrogen-bond acceptors (Lipinski definition) is 3. The Morgan fingerprint density at radius 1 is 1.50 bits per heavy atom. The molecule has 2 rings (SSSR count). The van der Waals surface area contributed by atoms with Crippen LogP contribution in [0.1, 0.15) is 17.5 Å². The molecule has 1 atom stereocenters. The summed E-state index contributed by atoms with van der Waals surface area (Å²) in [6.45, 7) is 3.46. The van der Waals surface area contributed by atoms with Gasteiger partial charge in [-0.3, -0.25) is 4.79 Å². The van der Waals surface area contributed by atoms with Gasteiger partial charge >= 0.3 is 0 Å². The topological polar surface area (TPSA) is 55.6 Å². The van der Waals surface area contributed by atoms with Gasteiger partial charge in [-0.1, -0.05) is 12.1 Å².